The van der Waals surface area contributed by atoms with Crippen LogP contribution in [0.2, 0.25) is 0 Å². The summed E-state index contributed by atoms with van der Waals surface area (Å²) in [5, 5.41) is 0. The lowest BCUT2D eigenvalue weighted by molar-refractivity contribution is 0.698. The van der Waals surface area contributed by atoms with Crippen LogP contribution in [0, 0.1) is 6.92 Å². The Morgan fingerprint density at radius 3 is 2.83 bits per heavy atom. The fourth-order valence-corrected chi connectivity index (χ4v) is 1.47. The maximum Gasteiger partial charge on any atom is 0.205 e. The number of rotatable bonds is 2. The van der Waals surface area contributed by atoms with Gasteiger partial charge in [-0.3, -0.25) is 0 Å². The average Bonchev–Trinajstić information content (AvgIpc) is 2.09. The minimum absolute atomic E-state index is 0.263. The minimum Gasteiger partial charge on any atom is -0.191 e. The Bertz CT molecular complexity index is 329. The fourth-order valence-electron chi connectivity index (χ4n) is 1.19. The molecule has 64 valence electrons. The van der Waals surface area contributed by atoms with Crippen LogP contribution in [-0.4, -0.2) is 4.21 Å². The van der Waals surface area contributed by atoms with Crippen LogP contribution in [0.3, 0.4) is 0 Å². The largest absolute Gasteiger partial charge is 0.205 e. The zero-order valence-electron chi connectivity index (χ0n) is 7.20. The molecule has 12 heavy (non-hydrogen) atoms. The van der Waals surface area contributed by atoms with E-state index in [-0.39, 0.29) is 11.5 Å². The SMILES string of the molecule is CCc1cccc(N=S=O)c1C. The number of nitrogens with zero attached hydrogens (tertiary/aromatic N) is 1. The molecule has 0 atom stereocenters. The second kappa shape index (κ2) is 4.16. The van der Waals surface area contributed by atoms with E-state index in [1.807, 2.05) is 19.1 Å². The van der Waals surface area contributed by atoms with Crippen LogP contribution >= 0.6 is 0 Å². The molecule has 0 aliphatic carbocycles. The van der Waals surface area contributed by atoms with Crippen molar-refractivity contribution in [2.45, 2.75) is 20.3 Å². The highest BCUT2D eigenvalue weighted by molar-refractivity contribution is 7.54. The Hall–Kier alpha value is -0.960. The quantitative estimate of drug-likeness (QED) is 0.689. The molecule has 0 N–H and O–H groups in total. The van der Waals surface area contributed by atoms with Gasteiger partial charge in [0.1, 0.15) is 0 Å². The van der Waals surface area contributed by atoms with Crippen molar-refractivity contribution in [3.63, 3.8) is 0 Å². The van der Waals surface area contributed by atoms with Crippen molar-refractivity contribution in [3.8, 4) is 0 Å². The first-order chi connectivity index (χ1) is 5.79. The van der Waals surface area contributed by atoms with Gasteiger partial charge in [0, 0.05) is 0 Å². The molecule has 0 aliphatic heterocycles. The summed E-state index contributed by atoms with van der Waals surface area (Å²) in [6, 6.07) is 5.85. The van der Waals surface area contributed by atoms with Crippen molar-refractivity contribution in [3.05, 3.63) is 29.3 Å². The summed E-state index contributed by atoms with van der Waals surface area (Å²) in [6.07, 6.45) is 0.985. The van der Waals surface area contributed by atoms with Gasteiger partial charge in [-0.05, 0) is 30.5 Å². The van der Waals surface area contributed by atoms with Crippen LogP contribution < -0.4 is 0 Å². The number of aryl methyl sites for hydroxylation is 1. The Morgan fingerprint density at radius 2 is 2.25 bits per heavy atom. The van der Waals surface area contributed by atoms with Crippen molar-refractivity contribution in [1.29, 1.82) is 0 Å². The van der Waals surface area contributed by atoms with Gasteiger partial charge in [-0.2, -0.15) is 8.57 Å². The van der Waals surface area contributed by atoms with Gasteiger partial charge < -0.3 is 0 Å². The van der Waals surface area contributed by atoms with Crippen molar-refractivity contribution in [1.82, 2.24) is 0 Å². The maximum absolute atomic E-state index is 10.2. The van der Waals surface area contributed by atoms with Gasteiger partial charge in [0.15, 0.2) is 0 Å². The molecule has 0 aromatic heterocycles. The van der Waals surface area contributed by atoms with Gasteiger partial charge in [-0.15, -0.1) is 0 Å². The van der Waals surface area contributed by atoms with Gasteiger partial charge in [0.2, 0.25) is 11.5 Å². The molecule has 3 heteroatoms. The van der Waals surface area contributed by atoms with Gasteiger partial charge >= 0.3 is 0 Å². The molecule has 0 saturated carbocycles. The molecule has 0 fully saturated rings. The topological polar surface area (TPSA) is 29.4 Å². The first-order valence-corrected chi connectivity index (χ1v) is 4.58. The van der Waals surface area contributed by atoms with E-state index < -0.39 is 0 Å². The lowest BCUT2D eigenvalue weighted by atomic mass is 10.1. The van der Waals surface area contributed by atoms with E-state index in [0.717, 1.165) is 17.7 Å². The summed E-state index contributed by atoms with van der Waals surface area (Å²) in [4.78, 5) is 0. The Balaban J connectivity index is 3.22. The Kier molecular flexibility index (Phi) is 3.17. The second-order valence-electron chi connectivity index (χ2n) is 2.58. The van der Waals surface area contributed by atoms with E-state index in [0.29, 0.717) is 0 Å². The van der Waals surface area contributed by atoms with Gasteiger partial charge in [-0.25, -0.2) is 0 Å². The van der Waals surface area contributed by atoms with Gasteiger partial charge in [0.25, 0.3) is 0 Å². The summed E-state index contributed by atoms with van der Waals surface area (Å²) in [6.45, 7) is 4.09. The highest BCUT2D eigenvalue weighted by Gasteiger charge is 1.99. The van der Waals surface area contributed by atoms with Crippen LogP contribution in [0.15, 0.2) is 22.6 Å². The van der Waals surface area contributed by atoms with E-state index in [1.54, 1.807) is 0 Å². The van der Waals surface area contributed by atoms with Gasteiger partial charge in [-0.1, -0.05) is 19.1 Å². The molecule has 0 unspecified atom stereocenters. The molecule has 1 aromatic rings. The maximum atomic E-state index is 10.2. The molecule has 0 heterocycles. The fraction of sp³-hybridized carbons (Fsp3) is 0.333. The smallest absolute Gasteiger partial charge is 0.191 e. The summed E-state index contributed by atoms with van der Waals surface area (Å²) in [5.74, 6) is 0. The highest BCUT2D eigenvalue weighted by Crippen LogP contribution is 2.21. The first kappa shape index (κ1) is 9.13. The highest BCUT2D eigenvalue weighted by atomic mass is 32.1. The summed E-state index contributed by atoms with van der Waals surface area (Å²) >= 11 is 0.263. The standard InChI is InChI=1S/C9H11NOS/c1-3-8-5-4-6-9(7(8)2)10-12-11/h4-6H,3H2,1-2H3. The summed E-state index contributed by atoms with van der Waals surface area (Å²) in [5.41, 5.74) is 3.17. The normalized spacial score (nSPS) is 9.50. The zero-order valence-corrected chi connectivity index (χ0v) is 8.02. The lowest BCUT2D eigenvalue weighted by Gasteiger charge is -2.03. The molecule has 0 radical (unpaired) electrons. The van der Waals surface area contributed by atoms with Crippen LogP contribution in [-0.2, 0) is 17.9 Å². The van der Waals surface area contributed by atoms with Crippen LogP contribution in [0.5, 0.6) is 0 Å². The second-order valence-corrected chi connectivity index (χ2v) is 2.91. The molecule has 1 aromatic carbocycles. The Labute approximate surface area is 75.9 Å². The first-order valence-electron chi connectivity index (χ1n) is 3.88. The molecular weight excluding hydrogens is 170 g/mol. The third-order valence-electron chi connectivity index (χ3n) is 1.93. The average molecular weight is 181 g/mol. The third kappa shape index (κ3) is 1.80. The van der Waals surface area contributed by atoms with E-state index in [9.17, 15) is 4.21 Å². The number of hydrogen-bond acceptors (Lipinski definition) is 2. The molecule has 0 amide bonds. The van der Waals surface area contributed by atoms with Crippen LogP contribution in [0.1, 0.15) is 18.1 Å². The van der Waals surface area contributed by atoms with E-state index in [4.69, 9.17) is 0 Å². The number of hydrogen-bond donors (Lipinski definition) is 0. The van der Waals surface area contributed by atoms with Crippen molar-refractivity contribution >= 4 is 17.2 Å². The Morgan fingerprint density at radius 1 is 1.50 bits per heavy atom. The lowest BCUT2D eigenvalue weighted by Crippen LogP contribution is -1.85. The van der Waals surface area contributed by atoms with Crippen molar-refractivity contribution in [2.24, 2.45) is 4.36 Å². The van der Waals surface area contributed by atoms with Gasteiger partial charge in [0.05, 0.1) is 5.69 Å². The molecule has 1 rings (SSSR count). The molecule has 0 aliphatic rings. The predicted molar refractivity (Wildman–Crippen MR) is 50.8 cm³/mol. The molecular formula is C9H11NOS. The van der Waals surface area contributed by atoms with Crippen molar-refractivity contribution in [2.75, 3.05) is 0 Å². The molecule has 0 bridgehead atoms. The van der Waals surface area contributed by atoms with E-state index >= 15 is 0 Å². The minimum atomic E-state index is 0.263. The molecule has 0 saturated heterocycles. The zero-order chi connectivity index (χ0) is 8.97. The van der Waals surface area contributed by atoms with Crippen LogP contribution in [0.25, 0.3) is 0 Å². The predicted octanol–water partition coefficient (Wildman–Crippen LogP) is 2.59. The molecule has 0 spiro atoms. The van der Waals surface area contributed by atoms with Crippen LogP contribution in [0.4, 0.5) is 5.69 Å². The third-order valence-corrected chi connectivity index (χ3v) is 2.21. The van der Waals surface area contributed by atoms with Crippen molar-refractivity contribution < 1.29 is 4.21 Å². The number of benzene rings is 1. The van der Waals surface area contributed by atoms with E-state index in [2.05, 4.69) is 17.4 Å². The van der Waals surface area contributed by atoms with E-state index in [1.165, 1.54) is 5.56 Å². The summed E-state index contributed by atoms with van der Waals surface area (Å²) in [7, 11) is 0. The summed E-state index contributed by atoms with van der Waals surface area (Å²) < 4.78 is 14.0. The monoisotopic (exact) mass is 181 g/mol. The molecule has 2 nitrogen and oxygen atoms in total.